The van der Waals surface area contributed by atoms with Gasteiger partial charge in [-0.2, -0.15) is 0 Å². The quantitative estimate of drug-likeness (QED) is 0.512. The summed E-state index contributed by atoms with van der Waals surface area (Å²) in [5, 5.41) is 13.0. The molecule has 1 aromatic carbocycles. The molecule has 4 nitrogen and oxygen atoms in total. The first-order chi connectivity index (χ1) is 9.67. The van der Waals surface area contributed by atoms with Gasteiger partial charge in [-0.3, -0.25) is 0 Å². The first-order valence-electron chi connectivity index (χ1n) is 6.82. The minimum absolute atomic E-state index is 0.352. The van der Waals surface area contributed by atoms with Crippen LogP contribution in [0.4, 0.5) is 0 Å². The Bertz CT molecular complexity index is 359. The molecule has 2 atom stereocenters. The lowest BCUT2D eigenvalue weighted by atomic mass is 10.1. The van der Waals surface area contributed by atoms with Gasteiger partial charge in [0.25, 0.3) is 0 Å². The van der Waals surface area contributed by atoms with Crippen LogP contribution in [0.15, 0.2) is 29.2 Å². The number of hydrogen-bond donors (Lipinski definition) is 2. The molecular weight excluding hydrogens is 274 g/mol. The van der Waals surface area contributed by atoms with Gasteiger partial charge in [0.05, 0.1) is 25.9 Å². The molecule has 0 fully saturated rings. The maximum absolute atomic E-state index is 9.79. The second-order valence-corrected chi connectivity index (χ2v) is 5.71. The third-order valence-electron chi connectivity index (χ3n) is 3.00. The van der Waals surface area contributed by atoms with E-state index in [2.05, 4.69) is 36.5 Å². The fourth-order valence-electron chi connectivity index (χ4n) is 1.62. The number of aliphatic hydroxyl groups excluding tert-OH is 1. The van der Waals surface area contributed by atoms with Crippen LogP contribution in [0.1, 0.15) is 18.5 Å². The number of benzene rings is 1. The zero-order valence-corrected chi connectivity index (χ0v) is 13.3. The van der Waals surface area contributed by atoms with Gasteiger partial charge < -0.3 is 19.9 Å². The third-order valence-corrected chi connectivity index (χ3v) is 4.15. The first-order valence-corrected chi connectivity index (χ1v) is 7.80. The van der Waals surface area contributed by atoms with E-state index < -0.39 is 6.10 Å². The second kappa shape index (κ2) is 10.2. The molecule has 0 saturated carbocycles. The Morgan fingerprint density at radius 2 is 1.95 bits per heavy atom. The second-order valence-electron chi connectivity index (χ2n) is 4.61. The van der Waals surface area contributed by atoms with Crippen LogP contribution in [-0.4, -0.2) is 50.9 Å². The van der Waals surface area contributed by atoms with Crippen LogP contribution in [0.25, 0.3) is 0 Å². The average Bonchev–Trinajstić information content (AvgIpc) is 2.49. The van der Waals surface area contributed by atoms with Crippen LogP contribution in [0.5, 0.6) is 0 Å². The molecule has 1 rings (SSSR count). The van der Waals surface area contributed by atoms with E-state index in [0.29, 0.717) is 31.6 Å². The van der Waals surface area contributed by atoms with E-state index in [1.807, 2.05) is 7.05 Å². The molecular formula is C15H25NO3S. The van der Waals surface area contributed by atoms with Gasteiger partial charge in [0, 0.05) is 23.8 Å². The van der Waals surface area contributed by atoms with Crippen LogP contribution in [0.2, 0.25) is 0 Å². The minimum atomic E-state index is -0.451. The summed E-state index contributed by atoms with van der Waals surface area (Å²) in [4.78, 5) is 1.16. The number of rotatable bonds is 10. The monoisotopic (exact) mass is 299 g/mol. The van der Waals surface area contributed by atoms with E-state index in [1.165, 1.54) is 5.56 Å². The highest BCUT2D eigenvalue weighted by Crippen LogP contribution is 2.21. The lowest BCUT2D eigenvalue weighted by Crippen LogP contribution is -2.19. The molecule has 0 heterocycles. The van der Waals surface area contributed by atoms with Crippen molar-refractivity contribution >= 4 is 11.8 Å². The maximum Gasteiger partial charge on any atom is 0.0867 e. The van der Waals surface area contributed by atoms with Gasteiger partial charge in [0.2, 0.25) is 0 Å². The molecule has 5 heteroatoms. The maximum atomic E-state index is 9.79. The van der Waals surface area contributed by atoms with Gasteiger partial charge in [-0.15, -0.1) is 11.8 Å². The lowest BCUT2D eigenvalue weighted by Gasteiger charge is -2.12. The number of nitrogens with one attached hydrogen (secondary N) is 1. The van der Waals surface area contributed by atoms with Gasteiger partial charge in [-0.05, 0) is 31.7 Å². The summed E-state index contributed by atoms with van der Waals surface area (Å²) in [5.41, 5.74) is 1.26. The lowest BCUT2D eigenvalue weighted by molar-refractivity contribution is 0.0218. The predicted molar refractivity (Wildman–Crippen MR) is 83.3 cm³/mol. The van der Waals surface area contributed by atoms with E-state index in [9.17, 15) is 5.11 Å². The summed E-state index contributed by atoms with van der Waals surface area (Å²) < 4.78 is 10.2. The standard InChI is InChI=1S/C15H25NO3S/c1-12(16-2)13-4-6-15(7-5-13)20-11-14(17)10-19-9-8-18-3/h4-7,12,14,16-17H,8-11H2,1-3H3. The molecule has 20 heavy (non-hydrogen) atoms. The highest BCUT2D eigenvalue weighted by atomic mass is 32.2. The van der Waals surface area contributed by atoms with Gasteiger partial charge in [-0.1, -0.05) is 12.1 Å². The van der Waals surface area contributed by atoms with Crippen molar-refractivity contribution in [3.05, 3.63) is 29.8 Å². The van der Waals surface area contributed by atoms with Crippen molar-refractivity contribution in [1.29, 1.82) is 0 Å². The van der Waals surface area contributed by atoms with Crippen molar-refractivity contribution in [2.24, 2.45) is 0 Å². The summed E-state index contributed by atoms with van der Waals surface area (Å²) in [5.74, 6) is 0.633. The van der Waals surface area contributed by atoms with Crippen molar-refractivity contribution in [3.8, 4) is 0 Å². The molecule has 0 aromatic heterocycles. The normalized spacial score (nSPS) is 14.2. The highest BCUT2D eigenvalue weighted by molar-refractivity contribution is 7.99. The Morgan fingerprint density at radius 3 is 2.55 bits per heavy atom. The number of hydrogen-bond acceptors (Lipinski definition) is 5. The van der Waals surface area contributed by atoms with E-state index in [1.54, 1.807) is 18.9 Å². The fourth-order valence-corrected chi connectivity index (χ4v) is 2.43. The predicted octanol–water partition coefficient (Wildman–Crippen LogP) is 2.08. The summed E-state index contributed by atoms with van der Waals surface area (Å²) >= 11 is 1.64. The number of aliphatic hydroxyl groups is 1. The van der Waals surface area contributed by atoms with E-state index >= 15 is 0 Å². The summed E-state index contributed by atoms with van der Waals surface area (Å²) in [6.07, 6.45) is -0.451. The molecule has 1 aromatic rings. The van der Waals surface area contributed by atoms with Gasteiger partial charge in [0.1, 0.15) is 0 Å². The van der Waals surface area contributed by atoms with Crippen molar-refractivity contribution < 1.29 is 14.6 Å². The molecule has 0 aliphatic rings. The Balaban J connectivity index is 2.27. The smallest absolute Gasteiger partial charge is 0.0867 e. The number of thioether (sulfide) groups is 1. The van der Waals surface area contributed by atoms with Crippen molar-refractivity contribution in [1.82, 2.24) is 5.32 Å². The van der Waals surface area contributed by atoms with E-state index in [4.69, 9.17) is 9.47 Å². The van der Waals surface area contributed by atoms with Crippen molar-refractivity contribution in [3.63, 3.8) is 0 Å². The first kappa shape index (κ1) is 17.5. The largest absolute Gasteiger partial charge is 0.390 e. The molecule has 2 unspecified atom stereocenters. The molecule has 0 aliphatic heterocycles. The summed E-state index contributed by atoms with van der Waals surface area (Å²) in [7, 11) is 3.58. The average molecular weight is 299 g/mol. The van der Waals surface area contributed by atoms with Gasteiger partial charge in [-0.25, -0.2) is 0 Å². The molecule has 114 valence electrons. The Morgan fingerprint density at radius 1 is 1.25 bits per heavy atom. The fraction of sp³-hybridized carbons (Fsp3) is 0.600. The van der Waals surface area contributed by atoms with Crippen LogP contribution < -0.4 is 5.32 Å². The third kappa shape index (κ3) is 6.72. The molecule has 0 saturated heterocycles. The SMILES string of the molecule is CNC(C)c1ccc(SCC(O)COCCOC)cc1. The summed E-state index contributed by atoms with van der Waals surface area (Å²) in [6.45, 7) is 3.56. The topological polar surface area (TPSA) is 50.7 Å². The molecule has 0 bridgehead atoms. The molecule has 0 aliphatic carbocycles. The highest BCUT2D eigenvalue weighted by Gasteiger charge is 2.06. The van der Waals surface area contributed by atoms with Crippen LogP contribution in [-0.2, 0) is 9.47 Å². The molecule has 0 radical (unpaired) electrons. The van der Waals surface area contributed by atoms with Crippen LogP contribution in [0, 0.1) is 0 Å². The van der Waals surface area contributed by atoms with Crippen molar-refractivity contribution in [2.45, 2.75) is 24.0 Å². The van der Waals surface area contributed by atoms with Gasteiger partial charge in [0.15, 0.2) is 0 Å². The zero-order chi connectivity index (χ0) is 14.8. The molecule has 2 N–H and O–H groups in total. The Kier molecular flexibility index (Phi) is 8.89. The van der Waals surface area contributed by atoms with Crippen LogP contribution in [0.3, 0.4) is 0 Å². The Hall–Kier alpha value is -0.590. The van der Waals surface area contributed by atoms with Crippen LogP contribution >= 0.6 is 11.8 Å². The molecule has 0 spiro atoms. The number of ether oxygens (including phenoxy) is 2. The zero-order valence-electron chi connectivity index (χ0n) is 12.5. The minimum Gasteiger partial charge on any atom is -0.390 e. The number of methoxy groups -OCH3 is 1. The summed E-state index contributed by atoms with van der Waals surface area (Å²) in [6, 6.07) is 8.77. The van der Waals surface area contributed by atoms with E-state index in [-0.39, 0.29) is 0 Å². The van der Waals surface area contributed by atoms with Crippen molar-refractivity contribution in [2.75, 3.05) is 39.7 Å². The Labute approximate surface area is 125 Å². The van der Waals surface area contributed by atoms with E-state index in [0.717, 1.165) is 4.90 Å². The molecule has 0 amide bonds. The van der Waals surface area contributed by atoms with Gasteiger partial charge >= 0.3 is 0 Å².